The second kappa shape index (κ2) is 8.29. The number of nitrogens with two attached hydrogens (primary N) is 1. The largest absolute Gasteiger partial charge is 0.342 e. The van der Waals surface area contributed by atoms with Gasteiger partial charge < -0.3 is 10.6 Å². The summed E-state index contributed by atoms with van der Waals surface area (Å²) in [6.07, 6.45) is 5.23. The molecule has 1 fully saturated rings. The number of carbonyl (C=O) groups excluding carboxylic acids is 1. The summed E-state index contributed by atoms with van der Waals surface area (Å²) in [5, 5.41) is 0. The highest BCUT2D eigenvalue weighted by Crippen LogP contribution is 2.31. The third-order valence-corrected chi connectivity index (χ3v) is 6.54. The molecule has 0 bridgehead atoms. The van der Waals surface area contributed by atoms with Gasteiger partial charge in [-0.3, -0.25) is 4.79 Å². The zero-order valence-electron chi connectivity index (χ0n) is 15.1. The molecule has 0 atom stereocenters. The Balaban J connectivity index is 2.31. The second-order valence-corrected chi connectivity index (χ2v) is 8.52. The van der Waals surface area contributed by atoms with Gasteiger partial charge in [-0.2, -0.15) is 0 Å². The Bertz CT molecular complexity index is 697. The molecule has 1 saturated carbocycles. The number of amides is 1. The molecule has 0 radical (unpaired) electrons. The Morgan fingerprint density at radius 3 is 2.52 bits per heavy atom. The predicted molar refractivity (Wildman–Crippen MR) is 98.9 cm³/mol. The fraction of sp³-hybridized carbons (Fsp3) is 0.611. The van der Waals surface area contributed by atoms with Gasteiger partial charge in [-0.15, -0.1) is 0 Å². The van der Waals surface area contributed by atoms with Gasteiger partial charge in [0.2, 0.25) is 10.0 Å². The fourth-order valence-corrected chi connectivity index (χ4v) is 4.99. The lowest BCUT2D eigenvalue weighted by Crippen LogP contribution is -2.51. The molecule has 25 heavy (non-hydrogen) atoms. The first-order valence-electron chi connectivity index (χ1n) is 8.94. The Kier molecular flexibility index (Phi) is 6.59. The number of nitrogens with zero attached hydrogens (tertiary/aromatic N) is 1. The van der Waals surface area contributed by atoms with E-state index in [0.29, 0.717) is 6.54 Å². The highest BCUT2D eigenvalue weighted by molar-refractivity contribution is 7.89. The number of hydrogen-bond donors (Lipinski definition) is 2. The third kappa shape index (κ3) is 4.59. The fourth-order valence-electron chi connectivity index (χ4n) is 3.32. The molecule has 0 aromatic heterocycles. The van der Waals surface area contributed by atoms with Gasteiger partial charge in [0.25, 0.3) is 5.91 Å². The minimum absolute atomic E-state index is 0.0306. The molecule has 140 valence electrons. The number of sulfonamides is 1. The molecule has 0 unspecified atom stereocenters. The van der Waals surface area contributed by atoms with E-state index < -0.39 is 15.6 Å². The van der Waals surface area contributed by atoms with Gasteiger partial charge in [-0.1, -0.05) is 38.3 Å². The van der Waals surface area contributed by atoms with Crippen LogP contribution in [-0.2, 0) is 10.0 Å². The van der Waals surface area contributed by atoms with Crippen LogP contribution in [0.5, 0.6) is 0 Å². The van der Waals surface area contributed by atoms with E-state index in [2.05, 4.69) is 11.6 Å². The Morgan fingerprint density at radius 1 is 1.28 bits per heavy atom. The van der Waals surface area contributed by atoms with Crippen LogP contribution in [0.3, 0.4) is 0 Å². The van der Waals surface area contributed by atoms with E-state index in [0.717, 1.165) is 38.5 Å². The molecule has 7 heteroatoms. The van der Waals surface area contributed by atoms with Crippen LogP contribution >= 0.6 is 0 Å². The van der Waals surface area contributed by atoms with Crippen LogP contribution in [0.15, 0.2) is 29.2 Å². The normalized spacial score (nSPS) is 16.8. The average Bonchev–Trinajstić information content (AvgIpc) is 3.07. The summed E-state index contributed by atoms with van der Waals surface area (Å²) in [5.74, 6) is -0.275. The lowest BCUT2D eigenvalue weighted by atomic mass is 10.0. The summed E-state index contributed by atoms with van der Waals surface area (Å²) in [7, 11) is -2.12. The monoisotopic (exact) mass is 367 g/mol. The molecule has 1 aliphatic rings. The van der Waals surface area contributed by atoms with Gasteiger partial charge in [0.15, 0.2) is 0 Å². The van der Waals surface area contributed by atoms with E-state index in [1.54, 1.807) is 30.1 Å². The average molecular weight is 368 g/mol. The number of unbranched alkanes of at least 4 members (excludes halogenated alkanes) is 1. The predicted octanol–water partition coefficient (Wildman–Crippen LogP) is 2.11. The van der Waals surface area contributed by atoms with E-state index in [9.17, 15) is 13.2 Å². The first-order chi connectivity index (χ1) is 11.9. The minimum Gasteiger partial charge on any atom is -0.342 e. The molecule has 6 nitrogen and oxygen atoms in total. The molecule has 2 rings (SSSR count). The van der Waals surface area contributed by atoms with Crippen LogP contribution in [0.25, 0.3) is 0 Å². The molecular formula is C18H29N3O3S. The van der Waals surface area contributed by atoms with Crippen molar-refractivity contribution in [1.82, 2.24) is 9.62 Å². The number of nitrogens with one attached hydrogen (secondary N) is 1. The summed E-state index contributed by atoms with van der Waals surface area (Å²) in [6, 6.07) is 6.39. The van der Waals surface area contributed by atoms with Crippen molar-refractivity contribution in [2.24, 2.45) is 5.73 Å². The standard InChI is InChI=1S/C18H29N3O3S/c1-3-4-13-21(2)17(22)15-9-5-6-10-16(15)25(23,24)20-18(14-19)11-7-8-12-18/h5-6,9-10,20H,3-4,7-8,11-14,19H2,1-2H3. The SMILES string of the molecule is CCCCN(C)C(=O)c1ccccc1S(=O)(=O)NC1(CN)CCCC1. The van der Waals surface area contributed by atoms with E-state index in [-0.39, 0.29) is 22.9 Å². The van der Waals surface area contributed by atoms with Crippen molar-refractivity contribution in [2.45, 2.75) is 55.9 Å². The van der Waals surface area contributed by atoms with Crippen molar-refractivity contribution >= 4 is 15.9 Å². The minimum atomic E-state index is -3.82. The summed E-state index contributed by atoms with van der Waals surface area (Å²) in [4.78, 5) is 14.3. The number of hydrogen-bond acceptors (Lipinski definition) is 4. The van der Waals surface area contributed by atoms with Crippen LogP contribution in [0, 0.1) is 0 Å². The van der Waals surface area contributed by atoms with Crippen molar-refractivity contribution in [2.75, 3.05) is 20.1 Å². The van der Waals surface area contributed by atoms with E-state index in [1.807, 2.05) is 0 Å². The van der Waals surface area contributed by atoms with Gasteiger partial charge in [0.1, 0.15) is 0 Å². The molecule has 3 N–H and O–H groups in total. The lowest BCUT2D eigenvalue weighted by molar-refractivity contribution is 0.0789. The molecule has 0 spiro atoms. The van der Waals surface area contributed by atoms with Gasteiger partial charge in [-0.05, 0) is 31.4 Å². The lowest BCUT2D eigenvalue weighted by Gasteiger charge is -2.29. The van der Waals surface area contributed by atoms with Crippen molar-refractivity contribution in [3.63, 3.8) is 0 Å². The maximum absolute atomic E-state index is 13.0. The van der Waals surface area contributed by atoms with Crippen LogP contribution in [-0.4, -0.2) is 44.9 Å². The van der Waals surface area contributed by atoms with E-state index >= 15 is 0 Å². The summed E-state index contributed by atoms with van der Waals surface area (Å²) in [6.45, 7) is 2.91. The van der Waals surface area contributed by atoms with Crippen molar-refractivity contribution < 1.29 is 13.2 Å². The van der Waals surface area contributed by atoms with Crippen LogP contribution in [0.4, 0.5) is 0 Å². The Hall–Kier alpha value is -1.44. The van der Waals surface area contributed by atoms with Crippen molar-refractivity contribution in [3.05, 3.63) is 29.8 Å². The molecule has 1 aromatic rings. The Morgan fingerprint density at radius 2 is 1.92 bits per heavy atom. The van der Waals surface area contributed by atoms with Crippen molar-refractivity contribution in [1.29, 1.82) is 0 Å². The Labute approximate surface area is 150 Å². The first-order valence-corrected chi connectivity index (χ1v) is 10.4. The smallest absolute Gasteiger partial charge is 0.254 e. The zero-order valence-corrected chi connectivity index (χ0v) is 15.9. The summed E-state index contributed by atoms with van der Waals surface area (Å²) >= 11 is 0. The van der Waals surface area contributed by atoms with Crippen molar-refractivity contribution in [3.8, 4) is 0 Å². The molecule has 1 aromatic carbocycles. The van der Waals surface area contributed by atoms with E-state index in [4.69, 9.17) is 5.73 Å². The molecule has 0 aliphatic heterocycles. The summed E-state index contributed by atoms with van der Waals surface area (Å²) < 4.78 is 28.7. The van der Waals surface area contributed by atoms with Gasteiger partial charge in [-0.25, -0.2) is 13.1 Å². The summed E-state index contributed by atoms with van der Waals surface area (Å²) in [5.41, 5.74) is 5.47. The molecule has 1 amide bonds. The maximum Gasteiger partial charge on any atom is 0.254 e. The van der Waals surface area contributed by atoms with Crippen LogP contribution < -0.4 is 10.5 Å². The highest BCUT2D eigenvalue weighted by atomic mass is 32.2. The number of rotatable bonds is 8. The molecule has 1 aliphatic carbocycles. The quantitative estimate of drug-likeness (QED) is 0.736. The van der Waals surface area contributed by atoms with Gasteiger partial charge >= 0.3 is 0 Å². The highest BCUT2D eigenvalue weighted by Gasteiger charge is 2.38. The third-order valence-electron chi connectivity index (χ3n) is 4.90. The van der Waals surface area contributed by atoms with Gasteiger partial charge in [0.05, 0.1) is 10.5 Å². The van der Waals surface area contributed by atoms with Gasteiger partial charge in [0, 0.05) is 25.7 Å². The van der Waals surface area contributed by atoms with Crippen LogP contribution in [0.2, 0.25) is 0 Å². The second-order valence-electron chi connectivity index (χ2n) is 6.87. The van der Waals surface area contributed by atoms with E-state index in [1.165, 1.54) is 6.07 Å². The zero-order chi connectivity index (χ0) is 18.5. The number of carbonyl (C=O) groups is 1. The molecular weight excluding hydrogens is 338 g/mol. The molecule has 0 heterocycles. The topological polar surface area (TPSA) is 92.5 Å². The maximum atomic E-state index is 13.0. The first kappa shape index (κ1) is 19.9. The van der Waals surface area contributed by atoms with Crippen LogP contribution in [0.1, 0.15) is 55.8 Å². The molecule has 0 saturated heterocycles. The number of benzene rings is 1.